The molecule has 1 unspecified atom stereocenters. The molecule has 0 aromatic heterocycles. The molecule has 1 aliphatic carbocycles. The minimum absolute atomic E-state index is 0.108. The third-order valence-corrected chi connectivity index (χ3v) is 4.56. The molecule has 0 bridgehead atoms. The number of rotatable bonds is 7. The van der Waals surface area contributed by atoms with Crippen molar-refractivity contribution in [2.75, 3.05) is 18.1 Å². The van der Waals surface area contributed by atoms with Crippen molar-refractivity contribution in [3.05, 3.63) is 0 Å². The Kier molecular flexibility index (Phi) is 7.23. The minimum Gasteiger partial charge on any atom is -0.480 e. The van der Waals surface area contributed by atoms with E-state index in [9.17, 15) is 9.59 Å². The summed E-state index contributed by atoms with van der Waals surface area (Å²) in [7, 11) is 0. The van der Waals surface area contributed by atoms with Gasteiger partial charge in [0, 0.05) is 18.3 Å². The lowest BCUT2D eigenvalue weighted by molar-refractivity contribution is -0.138. The van der Waals surface area contributed by atoms with Gasteiger partial charge in [0.05, 0.1) is 5.75 Å². The molecule has 1 rings (SSSR count). The van der Waals surface area contributed by atoms with Gasteiger partial charge < -0.3 is 15.7 Å². The smallest absolute Gasteiger partial charge is 0.321 e. The fraction of sp³-hybridized carbons (Fsp3) is 0.846. The van der Waals surface area contributed by atoms with Crippen molar-refractivity contribution in [3.63, 3.8) is 0 Å². The standard InChI is InChI=1S/C13H24N2O3S/c1-2-15(10-6-4-3-5-7-10)12(16)9-19-8-11(14)13(17)18/h10-11H,2-9,14H2,1H3,(H,17,18). The number of aliphatic carboxylic acids is 1. The van der Waals surface area contributed by atoms with E-state index in [4.69, 9.17) is 10.8 Å². The van der Waals surface area contributed by atoms with Crippen LogP contribution in [0, 0.1) is 0 Å². The molecule has 1 saturated carbocycles. The van der Waals surface area contributed by atoms with Crippen molar-refractivity contribution in [2.45, 2.75) is 51.1 Å². The Labute approximate surface area is 118 Å². The van der Waals surface area contributed by atoms with Gasteiger partial charge in [0.25, 0.3) is 0 Å². The Hall–Kier alpha value is -0.750. The predicted molar refractivity (Wildman–Crippen MR) is 77.2 cm³/mol. The second kappa shape index (κ2) is 8.43. The lowest BCUT2D eigenvalue weighted by atomic mass is 9.94. The van der Waals surface area contributed by atoms with Gasteiger partial charge in [-0.05, 0) is 19.8 Å². The molecule has 0 aliphatic heterocycles. The molecule has 110 valence electrons. The van der Waals surface area contributed by atoms with Crippen LogP contribution in [0.3, 0.4) is 0 Å². The fourth-order valence-corrected chi connectivity index (χ4v) is 3.31. The second-order valence-electron chi connectivity index (χ2n) is 4.93. The van der Waals surface area contributed by atoms with Crippen LogP contribution in [0.1, 0.15) is 39.0 Å². The second-order valence-corrected chi connectivity index (χ2v) is 5.96. The summed E-state index contributed by atoms with van der Waals surface area (Å²) in [5.41, 5.74) is 5.41. The molecule has 0 aromatic rings. The highest BCUT2D eigenvalue weighted by Crippen LogP contribution is 2.23. The van der Waals surface area contributed by atoms with E-state index in [-0.39, 0.29) is 11.7 Å². The molecule has 19 heavy (non-hydrogen) atoms. The van der Waals surface area contributed by atoms with Crippen LogP contribution >= 0.6 is 11.8 Å². The van der Waals surface area contributed by atoms with Crippen molar-refractivity contribution in [3.8, 4) is 0 Å². The first kappa shape index (κ1) is 16.3. The Morgan fingerprint density at radius 1 is 1.37 bits per heavy atom. The van der Waals surface area contributed by atoms with Crippen molar-refractivity contribution in [2.24, 2.45) is 5.73 Å². The maximum Gasteiger partial charge on any atom is 0.321 e. The van der Waals surface area contributed by atoms with Crippen LogP contribution in [0.5, 0.6) is 0 Å². The molecule has 0 spiro atoms. The van der Waals surface area contributed by atoms with Crippen LogP contribution in [0.25, 0.3) is 0 Å². The minimum atomic E-state index is -1.01. The van der Waals surface area contributed by atoms with Crippen LogP contribution in [0.15, 0.2) is 0 Å². The Morgan fingerprint density at radius 3 is 2.53 bits per heavy atom. The lowest BCUT2D eigenvalue weighted by Gasteiger charge is -2.33. The zero-order chi connectivity index (χ0) is 14.3. The zero-order valence-electron chi connectivity index (χ0n) is 11.5. The van der Waals surface area contributed by atoms with Crippen LogP contribution in [-0.2, 0) is 9.59 Å². The number of carbonyl (C=O) groups is 2. The van der Waals surface area contributed by atoms with Crippen molar-refractivity contribution in [1.82, 2.24) is 4.90 Å². The van der Waals surface area contributed by atoms with E-state index >= 15 is 0 Å². The maximum absolute atomic E-state index is 12.1. The van der Waals surface area contributed by atoms with Gasteiger partial charge in [0.15, 0.2) is 0 Å². The summed E-state index contributed by atoms with van der Waals surface area (Å²) in [5, 5.41) is 8.67. The Bertz CT molecular complexity index is 306. The van der Waals surface area contributed by atoms with Gasteiger partial charge >= 0.3 is 5.97 Å². The van der Waals surface area contributed by atoms with Gasteiger partial charge in [0.2, 0.25) is 5.91 Å². The summed E-state index contributed by atoms with van der Waals surface area (Å²) in [5.74, 6) is -0.300. The van der Waals surface area contributed by atoms with Gasteiger partial charge in [-0.3, -0.25) is 9.59 Å². The topological polar surface area (TPSA) is 83.6 Å². The van der Waals surface area contributed by atoms with Gasteiger partial charge in [-0.25, -0.2) is 0 Å². The number of carboxylic acid groups (broad SMARTS) is 1. The van der Waals surface area contributed by atoms with Crippen molar-refractivity contribution < 1.29 is 14.7 Å². The summed E-state index contributed by atoms with van der Waals surface area (Å²) >= 11 is 1.31. The maximum atomic E-state index is 12.1. The molecule has 0 radical (unpaired) electrons. The highest BCUT2D eigenvalue weighted by molar-refractivity contribution is 8.00. The van der Waals surface area contributed by atoms with Crippen LogP contribution in [0.2, 0.25) is 0 Å². The molecular weight excluding hydrogens is 264 g/mol. The molecule has 0 heterocycles. The Morgan fingerprint density at radius 2 is 2.00 bits per heavy atom. The molecule has 0 saturated heterocycles. The van der Waals surface area contributed by atoms with E-state index < -0.39 is 12.0 Å². The molecular formula is C13H24N2O3S. The van der Waals surface area contributed by atoms with Crippen LogP contribution in [0.4, 0.5) is 0 Å². The number of hydrogen-bond donors (Lipinski definition) is 2. The first-order chi connectivity index (χ1) is 9.06. The quantitative estimate of drug-likeness (QED) is 0.738. The average molecular weight is 288 g/mol. The molecule has 5 nitrogen and oxygen atoms in total. The van der Waals surface area contributed by atoms with E-state index in [1.54, 1.807) is 0 Å². The lowest BCUT2D eigenvalue weighted by Crippen LogP contribution is -2.42. The number of carboxylic acids is 1. The van der Waals surface area contributed by atoms with E-state index in [1.807, 2.05) is 11.8 Å². The largest absolute Gasteiger partial charge is 0.480 e. The third kappa shape index (κ3) is 5.40. The summed E-state index contributed by atoms with van der Waals surface area (Å²) in [6.07, 6.45) is 5.86. The normalized spacial score (nSPS) is 18.0. The highest BCUT2D eigenvalue weighted by atomic mass is 32.2. The molecule has 1 atom stereocenters. The van der Waals surface area contributed by atoms with Gasteiger partial charge in [-0.15, -0.1) is 11.8 Å². The number of nitrogens with zero attached hydrogens (tertiary/aromatic N) is 1. The van der Waals surface area contributed by atoms with E-state index in [2.05, 4.69) is 0 Å². The number of carbonyl (C=O) groups excluding carboxylic acids is 1. The summed E-state index contributed by atoms with van der Waals surface area (Å²) in [6.45, 7) is 2.73. The molecule has 3 N–H and O–H groups in total. The number of nitrogens with two attached hydrogens (primary N) is 1. The van der Waals surface area contributed by atoms with Crippen LogP contribution in [-0.4, -0.2) is 52.0 Å². The Balaban J connectivity index is 2.34. The molecule has 1 aliphatic rings. The molecule has 6 heteroatoms. The number of hydrogen-bond acceptors (Lipinski definition) is 4. The highest BCUT2D eigenvalue weighted by Gasteiger charge is 2.24. The van der Waals surface area contributed by atoms with Crippen molar-refractivity contribution >= 4 is 23.6 Å². The first-order valence-electron chi connectivity index (χ1n) is 6.91. The monoisotopic (exact) mass is 288 g/mol. The van der Waals surface area contributed by atoms with Crippen molar-refractivity contribution in [1.29, 1.82) is 0 Å². The van der Waals surface area contributed by atoms with Gasteiger partial charge in [0.1, 0.15) is 6.04 Å². The molecule has 1 amide bonds. The zero-order valence-corrected chi connectivity index (χ0v) is 12.3. The summed E-state index contributed by atoms with van der Waals surface area (Å²) in [6, 6.07) is -0.512. The number of thioether (sulfide) groups is 1. The predicted octanol–water partition coefficient (Wildman–Crippen LogP) is 1.31. The van der Waals surface area contributed by atoms with E-state index in [0.29, 0.717) is 11.8 Å². The van der Waals surface area contributed by atoms with E-state index in [0.717, 1.165) is 19.4 Å². The average Bonchev–Trinajstić information content (AvgIpc) is 2.40. The molecule has 0 aromatic carbocycles. The summed E-state index contributed by atoms with van der Waals surface area (Å²) < 4.78 is 0. The van der Waals surface area contributed by atoms with Gasteiger partial charge in [-0.1, -0.05) is 19.3 Å². The SMILES string of the molecule is CCN(C(=O)CSCC(N)C(=O)O)C1CCCCC1. The fourth-order valence-electron chi connectivity index (χ4n) is 2.46. The number of amides is 1. The van der Waals surface area contributed by atoms with E-state index in [1.165, 1.54) is 31.0 Å². The molecule has 1 fully saturated rings. The third-order valence-electron chi connectivity index (χ3n) is 3.52. The van der Waals surface area contributed by atoms with Crippen LogP contribution < -0.4 is 5.73 Å². The van der Waals surface area contributed by atoms with Gasteiger partial charge in [-0.2, -0.15) is 0 Å². The first-order valence-corrected chi connectivity index (χ1v) is 8.07. The summed E-state index contributed by atoms with van der Waals surface area (Å²) in [4.78, 5) is 24.7.